The minimum atomic E-state index is -0.663. The Balaban J connectivity index is 1.95. The first-order valence-electron chi connectivity index (χ1n) is 10.7. The fourth-order valence-electron chi connectivity index (χ4n) is 3.62. The van der Waals surface area contributed by atoms with Crippen molar-refractivity contribution in [2.75, 3.05) is 27.2 Å². The first-order valence-corrected chi connectivity index (χ1v) is 10.7. The molecule has 0 aromatic heterocycles. The lowest BCUT2D eigenvalue weighted by Crippen LogP contribution is -2.36. The first-order chi connectivity index (χ1) is 15.3. The van der Waals surface area contributed by atoms with Gasteiger partial charge >= 0.3 is 0 Å². The molecule has 0 bridgehead atoms. The lowest BCUT2D eigenvalue weighted by molar-refractivity contribution is -0.129. The van der Waals surface area contributed by atoms with Gasteiger partial charge in [0.2, 0.25) is 0 Å². The molecule has 1 heterocycles. The number of ether oxygens (including phenoxy) is 1. The molecule has 0 saturated carbocycles. The number of benzene rings is 2. The fourth-order valence-corrected chi connectivity index (χ4v) is 3.62. The van der Waals surface area contributed by atoms with Gasteiger partial charge in [-0.3, -0.25) is 9.59 Å². The maximum atomic E-state index is 13.1. The molecule has 2 aromatic rings. The number of likely N-dealkylation sites (N-methyl/N-ethyl adjacent to an activating group) is 1. The number of ketones is 1. The van der Waals surface area contributed by atoms with Crippen LogP contribution in [-0.2, 0) is 9.59 Å². The van der Waals surface area contributed by atoms with Crippen molar-refractivity contribution in [2.24, 2.45) is 0 Å². The highest BCUT2D eigenvalue weighted by atomic mass is 16.5. The summed E-state index contributed by atoms with van der Waals surface area (Å²) in [4.78, 5) is 29.5. The second-order valence-electron chi connectivity index (χ2n) is 8.31. The summed E-state index contributed by atoms with van der Waals surface area (Å²) in [7, 11) is 3.82. The van der Waals surface area contributed by atoms with E-state index in [9.17, 15) is 14.7 Å². The van der Waals surface area contributed by atoms with Gasteiger partial charge in [-0.15, -0.1) is 0 Å². The molecule has 0 aliphatic carbocycles. The molecule has 6 nitrogen and oxygen atoms in total. The van der Waals surface area contributed by atoms with E-state index in [0.717, 1.165) is 11.1 Å². The predicted molar refractivity (Wildman–Crippen MR) is 125 cm³/mol. The van der Waals surface area contributed by atoms with Crippen LogP contribution in [0.4, 0.5) is 0 Å². The molecular weight excluding hydrogens is 404 g/mol. The summed E-state index contributed by atoms with van der Waals surface area (Å²) >= 11 is 0. The minimum Gasteiger partial charge on any atom is -0.503 e. The van der Waals surface area contributed by atoms with Gasteiger partial charge in [-0.05, 0) is 57.3 Å². The largest absolute Gasteiger partial charge is 0.503 e. The topological polar surface area (TPSA) is 70.1 Å². The maximum absolute atomic E-state index is 13.1. The summed E-state index contributed by atoms with van der Waals surface area (Å²) in [6.07, 6.45) is 3.13. The van der Waals surface area contributed by atoms with Gasteiger partial charge in [0.25, 0.3) is 5.91 Å². The van der Waals surface area contributed by atoms with Crippen molar-refractivity contribution in [3.8, 4) is 5.75 Å². The van der Waals surface area contributed by atoms with Crippen LogP contribution in [0.1, 0.15) is 31.0 Å². The number of carbonyl (C=O) groups excluding carboxylic acids is 2. The van der Waals surface area contributed by atoms with Crippen molar-refractivity contribution in [1.82, 2.24) is 9.80 Å². The van der Waals surface area contributed by atoms with Gasteiger partial charge in [-0.25, -0.2) is 0 Å². The van der Waals surface area contributed by atoms with Crippen molar-refractivity contribution in [2.45, 2.75) is 26.0 Å². The molecule has 3 rings (SSSR count). The van der Waals surface area contributed by atoms with Gasteiger partial charge in [-0.2, -0.15) is 0 Å². The van der Waals surface area contributed by atoms with Crippen LogP contribution < -0.4 is 4.74 Å². The lowest BCUT2D eigenvalue weighted by Gasteiger charge is -2.28. The first kappa shape index (κ1) is 23.3. The quantitative estimate of drug-likeness (QED) is 0.604. The predicted octanol–water partition coefficient (Wildman–Crippen LogP) is 4.01. The highest BCUT2D eigenvalue weighted by Gasteiger charge is 2.42. The number of nitrogens with zero attached hydrogens (tertiary/aromatic N) is 2. The number of aliphatic hydroxyl groups is 1. The molecule has 1 amide bonds. The second-order valence-corrected chi connectivity index (χ2v) is 8.31. The van der Waals surface area contributed by atoms with Crippen LogP contribution in [0.2, 0.25) is 0 Å². The van der Waals surface area contributed by atoms with E-state index in [1.54, 1.807) is 11.0 Å². The molecule has 0 fully saturated rings. The number of allylic oxidation sites excluding steroid dienone is 1. The number of hydrogen-bond acceptors (Lipinski definition) is 5. The molecule has 0 saturated heterocycles. The Morgan fingerprint density at radius 2 is 1.78 bits per heavy atom. The van der Waals surface area contributed by atoms with Crippen molar-refractivity contribution in [3.63, 3.8) is 0 Å². The van der Waals surface area contributed by atoms with Crippen LogP contribution in [0.25, 0.3) is 6.08 Å². The Hall–Kier alpha value is -3.38. The third-order valence-corrected chi connectivity index (χ3v) is 5.15. The highest BCUT2D eigenvalue weighted by Crippen LogP contribution is 2.38. The van der Waals surface area contributed by atoms with E-state index in [-0.39, 0.29) is 17.5 Å². The summed E-state index contributed by atoms with van der Waals surface area (Å²) in [6.45, 7) is 4.88. The standard InChI is InChI=1S/C26H30N2O4/c1-18(2)32-21-13-11-20(12-14-21)24-23(22(29)15-10-19-8-6-5-7-9-19)25(30)26(31)28(24)17-16-27(3)4/h5-15,18,24,30H,16-17H2,1-4H3/b15-10+. The molecule has 1 aliphatic heterocycles. The zero-order valence-corrected chi connectivity index (χ0v) is 19.0. The summed E-state index contributed by atoms with van der Waals surface area (Å²) in [5.74, 6) is -0.702. The zero-order valence-electron chi connectivity index (χ0n) is 19.0. The Morgan fingerprint density at radius 1 is 1.12 bits per heavy atom. The maximum Gasteiger partial charge on any atom is 0.290 e. The number of aliphatic hydroxyl groups excluding tert-OH is 1. The number of hydrogen-bond donors (Lipinski definition) is 1. The van der Waals surface area contributed by atoms with Crippen LogP contribution >= 0.6 is 0 Å². The summed E-state index contributed by atoms with van der Waals surface area (Å²) in [5, 5.41) is 10.7. The van der Waals surface area contributed by atoms with E-state index in [1.807, 2.05) is 87.4 Å². The van der Waals surface area contributed by atoms with Gasteiger partial charge in [0.1, 0.15) is 5.75 Å². The number of amides is 1. The Morgan fingerprint density at radius 3 is 2.38 bits per heavy atom. The second kappa shape index (κ2) is 10.3. The summed E-state index contributed by atoms with van der Waals surface area (Å²) < 4.78 is 5.72. The lowest BCUT2D eigenvalue weighted by atomic mass is 9.95. The summed E-state index contributed by atoms with van der Waals surface area (Å²) in [6, 6.07) is 16.1. The van der Waals surface area contributed by atoms with Crippen molar-refractivity contribution in [3.05, 3.63) is 83.1 Å². The van der Waals surface area contributed by atoms with Gasteiger partial charge in [0, 0.05) is 13.1 Å². The van der Waals surface area contributed by atoms with E-state index >= 15 is 0 Å². The minimum absolute atomic E-state index is 0.0368. The smallest absolute Gasteiger partial charge is 0.290 e. The molecular formula is C26H30N2O4. The van der Waals surface area contributed by atoms with Crippen molar-refractivity contribution in [1.29, 1.82) is 0 Å². The van der Waals surface area contributed by atoms with Gasteiger partial charge < -0.3 is 19.6 Å². The van der Waals surface area contributed by atoms with E-state index in [0.29, 0.717) is 18.8 Å². The van der Waals surface area contributed by atoms with Crippen LogP contribution in [-0.4, -0.2) is 59.9 Å². The third-order valence-electron chi connectivity index (χ3n) is 5.15. The van der Waals surface area contributed by atoms with E-state index in [1.165, 1.54) is 6.08 Å². The van der Waals surface area contributed by atoms with E-state index in [2.05, 4.69) is 0 Å². The highest BCUT2D eigenvalue weighted by molar-refractivity contribution is 6.14. The van der Waals surface area contributed by atoms with Crippen LogP contribution in [0.5, 0.6) is 5.75 Å². The molecule has 1 atom stereocenters. The van der Waals surface area contributed by atoms with E-state index in [4.69, 9.17) is 4.74 Å². The van der Waals surface area contributed by atoms with Crippen LogP contribution in [0.3, 0.4) is 0 Å². The molecule has 32 heavy (non-hydrogen) atoms. The Labute approximate surface area is 189 Å². The molecule has 1 unspecified atom stereocenters. The summed E-state index contributed by atoms with van der Waals surface area (Å²) in [5.41, 5.74) is 1.70. The van der Waals surface area contributed by atoms with Crippen LogP contribution in [0, 0.1) is 0 Å². The number of rotatable bonds is 9. The molecule has 6 heteroatoms. The monoisotopic (exact) mass is 434 g/mol. The molecule has 0 spiro atoms. The molecule has 168 valence electrons. The van der Waals surface area contributed by atoms with Crippen molar-refractivity contribution < 1.29 is 19.4 Å². The average molecular weight is 435 g/mol. The molecule has 1 N–H and O–H groups in total. The van der Waals surface area contributed by atoms with Crippen LogP contribution in [0.15, 0.2) is 72.0 Å². The third kappa shape index (κ3) is 5.45. The average Bonchev–Trinajstić information content (AvgIpc) is 3.01. The fraction of sp³-hybridized carbons (Fsp3) is 0.308. The van der Waals surface area contributed by atoms with Gasteiger partial charge in [0.15, 0.2) is 11.5 Å². The zero-order chi connectivity index (χ0) is 23.3. The number of carbonyl (C=O) groups is 2. The van der Waals surface area contributed by atoms with E-state index < -0.39 is 17.7 Å². The molecule has 1 aliphatic rings. The molecule has 2 aromatic carbocycles. The van der Waals surface area contributed by atoms with Gasteiger partial charge in [0.05, 0.1) is 17.7 Å². The Bertz CT molecular complexity index is 1010. The normalized spacial score (nSPS) is 16.6. The van der Waals surface area contributed by atoms with Crippen molar-refractivity contribution >= 4 is 17.8 Å². The van der Waals surface area contributed by atoms with Gasteiger partial charge in [-0.1, -0.05) is 48.5 Å². The Kier molecular flexibility index (Phi) is 7.49. The SMILES string of the molecule is CC(C)Oc1ccc(C2C(C(=O)/C=C/c3ccccc3)=C(O)C(=O)N2CCN(C)C)cc1. The molecule has 0 radical (unpaired) electrons.